The van der Waals surface area contributed by atoms with Crippen LogP contribution < -0.4 is 0 Å². The summed E-state index contributed by atoms with van der Waals surface area (Å²) in [6.07, 6.45) is 4.24. The monoisotopic (exact) mass is 234 g/mol. The Morgan fingerprint density at radius 1 is 1.41 bits per heavy atom. The van der Waals surface area contributed by atoms with Crippen molar-refractivity contribution < 1.29 is 9.90 Å². The normalized spacial score (nSPS) is 18.1. The van der Waals surface area contributed by atoms with E-state index in [0.29, 0.717) is 12.5 Å². The third kappa shape index (κ3) is 3.53. The van der Waals surface area contributed by atoms with Crippen LogP contribution in [-0.2, 0) is 4.79 Å². The first kappa shape index (κ1) is 12.0. The van der Waals surface area contributed by atoms with Crippen LogP contribution in [0.2, 0.25) is 0 Å². The van der Waals surface area contributed by atoms with Crippen molar-refractivity contribution in [3.05, 3.63) is 30.1 Å². The third-order valence-electron chi connectivity index (χ3n) is 3.34. The quantitative estimate of drug-likeness (QED) is 0.862. The summed E-state index contributed by atoms with van der Waals surface area (Å²) < 4.78 is 0. The van der Waals surface area contributed by atoms with Gasteiger partial charge in [0.25, 0.3) is 0 Å². The van der Waals surface area contributed by atoms with Crippen LogP contribution in [0.1, 0.15) is 30.9 Å². The molecular formula is C13H18N2O2. The summed E-state index contributed by atoms with van der Waals surface area (Å²) in [5.74, 6) is -0.172. The van der Waals surface area contributed by atoms with E-state index in [0.717, 1.165) is 25.9 Å². The highest BCUT2D eigenvalue weighted by atomic mass is 16.4. The molecule has 1 fully saturated rings. The molecule has 1 aliphatic rings. The average Bonchev–Trinajstić information content (AvgIpc) is 2.38. The minimum Gasteiger partial charge on any atom is -0.481 e. The van der Waals surface area contributed by atoms with E-state index in [9.17, 15) is 4.79 Å². The van der Waals surface area contributed by atoms with Crippen LogP contribution in [0.15, 0.2) is 24.4 Å². The fourth-order valence-corrected chi connectivity index (χ4v) is 2.32. The average molecular weight is 234 g/mol. The molecule has 0 spiro atoms. The number of aromatic nitrogens is 1. The maximum absolute atomic E-state index is 10.5. The van der Waals surface area contributed by atoms with Crippen LogP contribution in [0.4, 0.5) is 0 Å². The van der Waals surface area contributed by atoms with Crippen molar-refractivity contribution in [2.75, 3.05) is 19.6 Å². The topological polar surface area (TPSA) is 53.4 Å². The molecule has 2 heterocycles. The van der Waals surface area contributed by atoms with Crippen LogP contribution in [0.25, 0.3) is 0 Å². The molecule has 0 saturated carbocycles. The first-order chi connectivity index (χ1) is 8.25. The molecule has 0 radical (unpaired) electrons. The predicted octanol–water partition coefficient (Wildman–Crippen LogP) is 1.74. The van der Waals surface area contributed by atoms with Crippen LogP contribution in [0.3, 0.4) is 0 Å². The lowest BCUT2D eigenvalue weighted by Crippen LogP contribution is -2.34. The van der Waals surface area contributed by atoms with Gasteiger partial charge in [-0.1, -0.05) is 6.07 Å². The van der Waals surface area contributed by atoms with Crippen LogP contribution in [-0.4, -0.2) is 40.6 Å². The molecule has 17 heavy (non-hydrogen) atoms. The number of aliphatic carboxylic acids is 1. The fraction of sp³-hybridized carbons (Fsp3) is 0.538. The molecule has 0 bridgehead atoms. The van der Waals surface area contributed by atoms with Crippen molar-refractivity contribution in [2.45, 2.75) is 25.2 Å². The molecule has 92 valence electrons. The van der Waals surface area contributed by atoms with Gasteiger partial charge in [0.05, 0.1) is 6.42 Å². The number of piperidine rings is 1. The number of hydrogen-bond acceptors (Lipinski definition) is 3. The Balaban J connectivity index is 1.80. The zero-order chi connectivity index (χ0) is 12.1. The maximum Gasteiger partial charge on any atom is 0.304 e. The summed E-state index contributed by atoms with van der Waals surface area (Å²) in [5.41, 5.74) is 1.17. The summed E-state index contributed by atoms with van der Waals surface area (Å²) >= 11 is 0. The number of carboxylic acids is 1. The van der Waals surface area contributed by atoms with Gasteiger partial charge in [-0.3, -0.25) is 9.78 Å². The summed E-state index contributed by atoms with van der Waals surface area (Å²) in [7, 11) is 0. The van der Waals surface area contributed by atoms with Gasteiger partial charge in [-0.05, 0) is 38.1 Å². The largest absolute Gasteiger partial charge is 0.481 e. The van der Waals surface area contributed by atoms with Crippen molar-refractivity contribution in [1.29, 1.82) is 0 Å². The van der Waals surface area contributed by atoms with Crippen molar-refractivity contribution in [2.24, 2.45) is 0 Å². The first-order valence-corrected chi connectivity index (χ1v) is 6.11. The molecule has 0 aliphatic carbocycles. The zero-order valence-electron chi connectivity index (χ0n) is 9.88. The second-order valence-corrected chi connectivity index (χ2v) is 4.51. The van der Waals surface area contributed by atoms with E-state index < -0.39 is 5.97 Å². The van der Waals surface area contributed by atoms with E-state index in [1.807, 2.05) is 18.3 Å². The second-order valence-electron chi connectivity index (χ2n) is 4.51. The molecule has 2 rings (SSSR count). The Kier molecular flexibility index (Phi) is 4.09. The molecule has 0 aromatic carbocycles. The molecule has 0 atom stereocenters. The smallest absolute Gasteiger partial charge is 0.304 e. The summed E-state index contributed by atoms with van der Waals surface area (Å²) in [5, 5.41) is 8.64. The lowest BCUT2D eigenvalue weighted by Gasteiger charge is -2.31. The molecule has 1 aliphatic heterocycles. The van der Waals surface area contributed by atoms with Gasteiger partial charge in [0, 0.05) is 24.4 Å². The molecule has 1 saturated heterocycles. The lowest BCUT2D eigenvalue weighted by atomic mass is 9.93. The van der Waals surface area contributed by atoms with Crippen molar-refractivity contribution in [1.82, 2.24) is 9.88 Å². The summed E-state index contributed by atoms with van der Waals surface area (Å²) in [6, 6.07) is 6.04. The first-order valence-electron chi connectivity index (χ1n) is 6.11. The Hall–Kier alpha value is -1.42. The van der Waals surface area contributed by atoms with Gasteiger partial charge >= 0.3 is 5.97 Å². The SMILES string of the molecule is O=C(O)CCN1CCC(c2ccccn2)CC1. The van der Waals surface area contributed by atoms with Crippen molar-refractivity contribution in [3.63, 3.8) is 0 Å². The maximum atomic E-state index is 10.5. The predicted molar refractivity (Wildman–Crippen MR) is 64.9 cm³/mol. The Bertz CT molecular complexity index is 359. The van der Waals surface area contributed by atoms with Crippen LogP contribution in [0.5, 0.6) is 0 Å². The molecule has 0 amide bonds. The van der Waals surface area contributed by atoms with E-state index in [1.54, 1.807) is 0 Å². The Labute approximate surface area is 101 Å². The molecule has 4 nitrogen and oxygen atoms in total. The molecule has 1 aromatic rings. The van der Waals surface area contributed by atoms with Gasteiger partial charge in [0.15, 0.2) is 0 Å². The van der Waals surface area contributed by atoms with Gasteiger partial charge in [0.2, 0.25) is 0 Å². The Morgan fingerprint density at radius 2 is 2.18 bits per heavy atom. The number of nitrogens with zero attached hydrogens (tertiary/aromatic N) is 2. The second kappa shape index (κ2) is 5.77. The van der Waals surface area contributed by atoms with E-state index in [1.165, 1.54) is 5.69 Å². The van der Waals surface area contributed by atoms with Crippen molar-refractivity contribution in [3.8, 4) is 0 Å². The number of hydrogen-bond donors (Lipinski definition) is 1. The number of likely N-dealkylation sites (tertiary alicyclic amines) is 1. The van der Waals surface area contributed by atoms with E-state index in [-0.39, 0.29) is 6.42 Å². The molecule has 4 heteroatoms. The van der Waals surface area contributed by atoms with Crippen LogP contribution in [0, 0.1) is 0 Å². The standard InChI is InChI=1S/C13H18N2O2/c16-13(17)6-10-15-8-4-11(5-9-15)12-3-1-2-7-14-12/h1-3,7,11H,4-6,8-10H2,(H,16,17). The highest BCUT2D eigenvalue weighted by Gasteiger charge is 2.21. The molecule has 1 aromatic heterocycles. The summed E-state index contributed by atoms with van der Waals surface area (Å²) in [4.78, 5) is 17.1. The van der Waals surface area contributed by atoms with Gasteiger partial charge < -0.3 is 10.0 Å². The zero-order valence-corrected chi connectivity index (χ0v) is 9.88. The number of carbonyl (C=O) groups is 1. The van der Waals surface area contributed by atoms with E-state index in [4.69, 9.17) is 5.11 Å². The fourth-order valence-electron chi connectivity index (χ4n) is 2.32. The minimum atomic E-state index is -0.711. The van der Waals surface area contributed by atoms with Gasteiger partial charge in [0.1, 0.15) is 0 Å². The number of carboxylic acid groups (broad SMARTS) is 1. The summed E-state index contributed by atoms with van der Waals surface area (Å²) in [6.45, 7) is 2.63. The van der Waals surface area contributed by atoms with E-state index in [2.05, 4.69) is 16.0 Å². The van der Waals surface area contributed by atoms with Gasteiger partial charge in [-0.25, -0.2) is 0 Å². The number of rotatable bonds is 4. The van der Waals surface area contributed by atoms with Crippen LogP contribution >= 0.6 is 0 Å². The van der Waals surface area contributed by atoms with Crippen molar-refractivity contribution >= 4 is 5.97 Å². The number of pyridine rings is 1. The van der Waals surface area contributed by atoms with Gasteiger partial charge in [-0.15, -0.1) is 0 Å². The molecular weight excluding hydrogens is 216 g/mol. The van der Waals surface area contributed by atoms with Gasteiger partial charge in [-0.2, -0.15) is 0 Å². The lowest BCUT2D eigenvalue weighted by molar-refractivity contribution is -0.137. The molecule has 1 N–H and O–H groups in total. The third-order valence-corrected chi connectivity index (χ3v) is 3.34. The Morgan fingerprint density at radius 3 is 2.76 bits per heavy atom. The highest BCUT2D eigenvalue weighted by Crippen LogP contribution is 2.26. The minimum absolute atomic E-state index is 0.244. The highest BCUT2D eigenvalue weighted by molar-refractivity contribution is 5.66. The van der Waals surface area contributed by atoms with E-state index >= 15 is 0 Å². The molecule has 0 unspecified atom stereocenters.